The van der Waals surface area contributed by atoms with Crippen molar-refractivity contribution in [2.24, 2.45) is 0 Å². The van der Waals surface area contributed by atoms with Crippen molar-refractivity contribution >= 4 is 17.6 Å². The van der Waals surface area contributed by atoms with E-state index in [1.807, 2.05) is 75.4 Å². The average Bonchev–Trinajstić information content (AvgIpc) is 2.74. The topological polar surface area (TPSA) is 64.6 Å². The number of aryl methyl sites for hydroxylation is 3. The Morgan fingerprint density at radius 2 is 1.40 bits per heavy atom. The van der Waals surface area contributed by atoms with Crippen molar-refractivity contribution < 1.29 is 19.1 Å². The number of carbonyl (C=O) groups is 2. The van der Waals surface area contributed by atoms with Crippen LogP contribution in [0.1, 0.15) is 16.7 Å². The summed E-state index contributed by atoms with van der Waals surface area (Å²) in [4.78, 5) is 24.0. The molecule has 0 heterocycles. The van der Waals surface area contributed by atoms with Crippen LogP contribution in [0, 0.1) is 20.8 Å². The van der Waals surface area contributed by atoms with Crippen LogP contribution in [0.2, 0.25) is 0 Å². The number of esters is 1. The third-order valence-electron chi connectivity index (χ3n) is 4.62. The van der Waals surface area contributed by atoms with Gasteiger partial charge < -0.3 is 14.8 Å². The van der Waals surface area contributed by atoms with E-state index in [0.717, 1.165) is 33.5 Å². The van der Waals surface area contributed by atoms with Crippen LogP contribution in [-0.2, 0) is 14.3 Å². The predicted molar refractivity (Wildman–Crippen MR) is 118 cm³/mol. The van der Waals surface area contributed by atoms with Crippen LogP contribution in [0.15, 0.2) is 66.7 Å². The lowest BCUT2D eigenvalue weighted by Gasteiger charge is -2.13. The number of ether oxygens (including phenoxy) is 2. The summed E-state index contributed by atoms with van der Waals surface area (Å²) in [5.41, 5.74) is 5.97. The largest absolute Gasteiger partial charge is 0.482 e. The average molecular weight is 403 g/mol. The summed E-state index contributed by atoms with van der Waals surface area (Å²) in [7, 11) is 0. The van der Waals surface area contributed by atoms with Gasteiger partial charge in [-0.05, 0) is 55.2 Å². The SMILES string of the molecule is Cc1cc(C)c(NC(=O)COC(=O)COc2ccc(-c3ccccc3)cc2)c(C)c1. The summed E-state index contributed by atoms with van der Waals surface area (Å²) in [6.45, 7) is 5.24. The summed E-state index contributed by atoms with van der Waals surface area (Å²) in [6, 6.07) is 21.4. The first-order valence-corrected chi connectivity index (χ1v) is 9.74. The quantitative estimate of drug-likeness (QED) is 0.574. The molecule has 1 N–H and O–H groups in total. The lowest BCUT2D eigenvalue weighted by atomic mass is 10.1. The Morgan fingerprint density at radius 1 is 0.800 bits per heavy atom. The van der Waals surface area contributed by atoms with Gasteiger partial charge in [0.15, 0.2) is 13.2 Å². The van der Waals surface area contributed by atoms with Crippen LogP contribution in [-0.4, -0.2) is 25.1 Å². The molecule has 5 nitrogen and oxygen atoms in total. The molecule has 0 atom stereocenters. The second-order valence-corrected chi connectivity index (χ2v) is 7.16. The molecule has 154 valence electrons. The van der Waals surface area contributed by atoms with Gasteiger partial charge in [0, 0.05) is 5.69 Å². The van der Waals surface area contributed by atoms with Crippen molar-refractivity contribution in [3.05, 3.63) is 83.4 Å². The number of rotatable bonds is 7. The van der Waals surface area contributed by atoms with Gasteiger partial charge in [-0.3, -0.25) is 4.79 Å². The van der Waals surface area contributed by atoms with Crippen LogP contribution in [0.4, 0.5) is 5.69 Å². The van der Waals surface area contributed by atoms with Crippen LogP contribution >= 0.6 is 0 Å². The van der Waals surface area contributed by atoms with Gasteiger partial charge in [-0.25, -0.2) is 4.79 Å². The zero-order valence-electron chi connectivity index (χ0n) is 17.4. The van der Waals surface area contributed by atoms with Gasteiger partial charge in [0.25, 0.3) is 5.91 Å². The molecule has 0 radical (unpaired) electrons. The van der Waals surface area contributed by atoms with E-state index in [2.05, 4.69) is 5.32 Å². The van der Waals surface area contributed by atoms with Crippen molar-refractivity contribution in [2.45, 2.75) is 20.8 Å². The van der Waals surface area contributed by atoms with Crippen molar-refractivity contribution in [1.29, 1.82) is 0 Å². The highest BCUT2D eigenvalue weighted by Gasteiger charge is 2.12. The Balaban J connectivity index is 1.45. The number of carbonyl (C=O) groups excluding carboxylic acids is 2. The van der Waals surface area contributed by atoms with E-state index in [1.165, 1.54) is 0 Å². The maximum Gasteiger partial charge on any atom is 0.344 e. The van der Waals surface area contributed by atoms with Crippen LogP contribution < -0.4 is 10.1 Å². The van der Waals surface area contributed by atoms with E-state index in [9.17, 15) is 9.59 Å². The van der Waals surface area contributed by atoms with Crippen molar-refractivity contribution in [2.75, 3.05) is 18.5 Å². The lowest BCUT2D eigenvalue weighted by Crippen LogP contribution is -2.24. The van der Waals surface area contributed by atoms with Gasteiger partial charge in [0.2, 0.25) is 0 Å². The van der Waals surface area contributed by atoms with E-state index < -0.39 is 5.97 Å². The molecule has 5 heteroatoms. The fourth-order valence-electron chi connectivity index (χ4n) is 3.26. The first kappa shape index (κ1) is 21.1. The molecule has 0 aliphatic rings. The molecule has 3 aromatic carbocycles. The monoisotopic (exact) mass is 403 g/mol. The van der Waals surface area contributed by atoms with E-state index in [0.29, 0.717) is 5.75 Å². The number of hydrogen-bond donors (Lipinski definition) is 1. The van der Waals surface area contributed by atoms with Gasteiger partial charge in [0.1, 0.15) is 5.75 Å². The minimum absolute atomic E-state index is 0.263. The summed E-state index contributed by atoms with van der Waals surface area (Å²) in [5, 5.41) is 2.80. The summed E-state index contributed by atoms with van der Waals surface area (Å²) < 4.78 is 10.5. The number of anilines is 1. The second-order valence-electron chi connectivity index (χ2n) is 7.16. The first-order chi connectivity index (χ1) is 14.4. The van der Waals surface area contributed by atoms with Crippen molar-refractivity contribution in [3.63, 3.8) is 0 Å². The molecule has 0 spiro atoms. The fourth-order valence-corrected chi connectivity index (χ4v) is 3.26. The minimum atomic E-state index is -0.602. The molecule has 30 heavy (non-hydrogen) atoms. The Kier molecular flexibility index (Phi) is 6.86. The number of benzene rings is 3. The van der Waals surface area contributed by atoms with E-state index in [4.69, 9.17) is 9.47 Å². The van der Waals surface area contributed by atoms with Crippen LogP contribution in [0.3, 0.4) is 0 Å². The summed E-state index contributed by atoms with van der Waals surface area (Å²) in [5.74, 6) is -0.428. The Labute approximate surface area is 176 Å². The second kappa shape index (κ2) is 9.74. The van der Waals surface area contributed by atoms with Gasteiger partial charge in [-0.1, -0.05) is 60.2 Å². The zero-order valence-corrected chi connectivity index (χ0v) is 17.4. The van der Waals surface area contributed by atoms with Crippen LogP contribution in [0.5, 0.6) is 5.75 Å². The van der Waals surface area contributed by atoms with E-state index in [1.54, 1.807) is 12.1 Å². The van der Waals surface area contributed by atoms with E-state index >= 15 is 0 Å². The molecule has 0 saturated carbocycles. The number of nitrogens with one attached hydrogen (secondary N) is 1. The summed E-state index contributed by atoms with van der Waals surface area (Å²) in [6.07, 6.45) is 0. The van der Waals surface area contributed by atoms with Gasteiger partial charge >= 0.3 is 5.97 Å². The van der Waals surface area contributed by atoms with Crippen molar-refractivity contribution in [1.82, 2.24) is 0 Å². The van der Waals surface area contributed by atoms with E-state index in [-0.39, 0.29) is 19.1 Å². The smallest absolute Gasteiger partial charge is 0.344 e. The highest BCUT2D eigenvalue weighted by molar-refractivity contribution is 5.94. The van der Waals surface area contributed by atoms with Gasteiger partial charge in [-0.15, -0.1) is 0 Å². The molecule has 0 fully saturated rings. The Morgan fingerprint density at radius 3 is 2.03 bits per heavy atom. The molecule has 0 unspecified atom stereocenters. The molecule has 0 saturated heterocycles. The fraction of sp³-hybridized carbons (Fsp3) is 0.200. The standard InChI is InChI=1S/C25H25NO4/c1-17-13-18(2)25(19(3)14-17)26-23(27)15-30-24(28)16-29-22-11-9-21(10-12-22)20-7-5-4-6-8-20/h4-14H,15-16H2,1-3H3,(H,26,27). The minimum Gasteiger partial charge on any atom is -0.482 e. The molecule has 1 amide bonds. The van der Waals surface area contributed by atoms with Gasteiger partial charge in [-0.2, -0.15) is 0 Å². The van der Waals surface area contributed by atoms with Gasteiger partial charge in [0.05, 0.1) is 0 Å². The highest BCUT2D eigenvalue weighted by atomic mass is 16.6. The molecule has 0 aromatic heterocycles. The highest BCUT2D eigenvalue weighted by Crippen LogP contribution is 2.23. The molecule has 3 rings (SSSR count). The van der Waals surface area contributed by atoms with Crippen LogP contribution in [0.25, 0.3) is 11.1 Å². The van der Waals surface area contributed by atoms with Crippen molar-refractivity contribution in [3.8, 4) is 16.9 Å². The molecule has 0 bridgehead atoms. The third-order valence-corrected chi connectivity index (χ3v) is 4.62. The zero-order chi connectivity index (χ0) is 21.5. The number of amides is 1. The normalized spacial score (nSPS) is 10.4. The number of hydrogen-bond acceptors (Lipinski definition) is 4. The predicted octanol–water partition coefficient (Wildman–Crippen LogP) is 4.84. The first-order valence-electron chi connectivity index (χ1n) is 9.74. The molecule has 0 aliphatic heterocycles. The Hall–Kier alpha value is -3.60. The molecular formula is C25H25NO4. The Bertz CT molecular complexity index is 1000. The maximum atomic E-state index is 12.1. The lowest BCUT2D eigenvalue weighted by molar-refractivity contribution is -0.149. The maximum absolute atomic E-state index is 12.1. The summed E-state index contributed by atoms with van der Waals surface area (Å²) >= 11 is 0. The molecular weight excluding hydrogens is 378 g/mol. The molecule has 3 aromatic rings. The third kappa shape index (κ3) is 5.70. The molecule has 0 aliphatic carbocycles.